The number of phosphoric ester groups is 2. The summed E-state index contributed by atoms with van der Waals surface area (Å²) in [5, 5.41) is 71.9. The summed E-state index contributed by atoms with van der Waals surface area (Å²) in [6.45, 7) is 2.57. The highest BCUT2D eigenvalue weighted by Gasteiger charge is 2.54. The maximum atomic E-state index is 13.0. The summed E-state index contributed by atoms with van der Waals surface area (Å²) in [5.41, 5.74) is 0. The molecule has 10 N–H and O–H groups in total. The first-order valence-corrected chi connectivity index (χ1v) is 27.8. The summed E-state index contributed by atoms with van der Waals surface area (Å²) in [7, 11) is -10.8. The van der Waals surface area contributed by atoms with E-state index in [4.69, 9.17) is 18.5 Å². The molecule has 0 spiro atoms. The maximum Gasteiger partial charge on any atom is 0.472 e. The number of hydrogen-bond donors (Lipinski definition) is 10. The van der Waals surface area contributed by atoms with Crippen molar-refractivity contribution in [1.82, 2.24) is 0 Å². The first-order valence-electron chi connectivity index (χ1n) is 24.8. The lowest BCUT2D eigenvalue weighted by atomic mass is 9.85. The minimum atomic E-state index is -5.43. The molecular weight excluding hydrogens is 978 g/mol. The second-order valence-electron chi connectivity index (χ2n) is 17.0. The summed E-state index contributed by atoms with van der Waals surface area (Å²) in [4.78, 5) is 54.4. The summed E-state index contributed by atoms with van der Waals surface area (Å²) < 4.78 is 49.1. The van der Waals surface area contributed by atoms with Crippen molar-refractivity contribution in [3.05, 3.63) is 109 Å². The molecule has 0 aromatic carbocycles. The van der Waals surface area contributed by atoms with Gasteiger partial charge in [-0.3, -0.25) is 23.2 Å². The fourth-order valence-electron chi connectivity index (χ4n) is 6.70. The van der Waals surface area contributed by atoms with Crippen LogP contribution in [0.3, 0.4) is 0 Å². The van der Waals surface area contributed by atoms with Crippen molar-refractivity contribution < 1.29 is 92.2 Å². The normalized spacial score (nSPS) is 23.0. The van der Waals surface area contributed by atoms with Crippen LogP contribution >= 0.6 is 15.6 Å². The van der Waals surface area contributed by atoms with Crippen molar-refractivity contribution in [3.63, 3.8) is 0 Å². The van der Waals surface area contributed by atoms with Crippen molar-refractivity contribution >= 4 is 27.6 Å². The molecule has 0 aromatic heterocycles. The maximum absolute atomic E-state index is 13.0. The summed E-state index contributed by atoms with van der Waals surface area (Å²) in [6, 6.07) is 0. The van der Waals surface area contributed by atoms with Crippen LogP contribution in [0.4, 0.5) is 0 Å². The van der Waals surface area contributed by atoms with Crippen LogP contribution in [0.1, 0.15) is 123 Å². The predicted molar refractivity (Wildman–Crippen MR) is 273 cm³/mol. The Balaban J connectivity index is 2.75. The zero-order valence-corrected chi connectivity index (χ0v) is 43.4. The molecule has 5 unspecified atom stereocenters. The molecule has 0 radical (unpaired) electrons. The van der Waals surface area contributed by atoms with Gasteiger partial charge in [-0.15, -0.1) is 0 Å². The van der Waals surface area contributed by atoms with Gasteiger partial charge in [0.05, 0.1) is 24.9 Å². The molecule has 0 aromatic rings. The number of phosphoric acid groups is 2. The molecule has 1 rings (SSSR count). The lowest BCUT2D eigenvalue weighted by molar-refractivity contribution is -0.216. The largest absolute Gasteiger partial charge is 0.472 e. The number of carbonyl (C=O) groups excluding carboxylic acids is 2. The van der Waals surface area contributed by atoms with Gasteiger partial charge < -0.3 is 59.9 Å². The van der Waals surface area contributed by atoms with Gasteiger partial charge in [0.1, 0.15) is 43.2 Å². The predicted octanol–water partition coefficient (Wildman–Crippen LogP) is 6.64. The molecule has 0 heterocycles. The van der Waals surface area contributed by atoms with Crippen molar-refractivity contribution in [2.75, 3.05) is 13.2 Å². The first kappa shape index (κ1) is 66.6. The third-order valence-electron chi connectivity index (χ3n) is 10.7. The standard InChI is InChI=1S/C51H82O19P2/c1-3-5-7-8-9-10-11-12-13-14-15-16-17-18-19-20-21-26-30-36-44(55)66-38-41(39-67-72(64,65)70-51-48(59)46(57)47(58)50(49(51)60)69-71(61,62)63)68-45(56)37-31-35-43(54)42(53)34-29-25-23-22-24-28-33-40(52)32-27-6-4-2/h6,9-10,12-13,15-16,18-19,22-25,27-29,33-34,40-43,46-54,57-60H,3-5,7-8,11,14,17,20-21,26,30-32,35-39H2,1-2H3,(H,64,65)(H2,61,62,63)/b10-9-,13-12-,16-15-,19-18-,24-22+,25-23-,27-6-,33-28+,34-29-/t40-,41+,42+,43+,46?,47?,48?,49?,50+,51-/m0/s1. The Labute approximate surface area is 425 Å². The van der Waals surface area contributed by atoms with Gasteiger partial charge in [0.15, 0.2) is 6.10 Å². The zero-order chi connectivity index (χ0) is 53.6. The van der Waals surface area contributed by atoms with Crippen LogP contribution in [0.5, 0.6) is 0 Å². The molecule has 11 atom stereocenters. The number of esters is 2. The van der Waals surface area contributed by atoms with E-state index in [0.717, 1.165) is 44.9 Å². The highest BCUT2D eigenvalue weighted by atomic mass is 31.2. The van der Waals surface area contributed by atoms with Crippen molar-refractivity contribution in [2.24, 2.45) is 0 Å². The van der Waals surface area contributed by atoms with E-state index in [0.29, 0.717) is 19.3 Å². The summed E-state index contributed by atoms with van der Waals surface area (Å²) in [6.07, 6.45) is 26.7. The van der Waals surface area contributed by atoms with Gasteiger partial charge in [0, 0.05) is 12.8 Å². The van der Waals surface area contributed by atoms with Gasteiger partial charge in [-0.25, -0.2) is 9.13 Å². The van der Waals surface area contributed by atoms with E-state index >= 15 is 0 Å². The molecule has 0 amide bonds. The van der Waals surface area contributed by atoms with Gasteiger partial charge in [0.2, 0.25) is 0 Å². The third-order valence-corrected chi connectivity index (χ3v) is 12.2. The molecule has 72 heavy (non-hydrogen) atoms. The second kappa shape index (κ2) is 39.9. The Morgan fingerprint density at radius 2 is 1.11 bits per heavy atom. The number of aliphatic hydroxyl groups is 7. The fraction of sp³-hybridized carbons (Fsp3) is 0.608. The Kier molecular flexibility index (Phi) is 36.9. The van der Waals surface area contributed by atoms with Crippen LogP contribution in [-0.4, -0.2) is 137 Å². The van der Waals surface area contributed by atoms with Gasteiger partial charge in [-0.1, -0.05) is 142 Å². The number of ether oxygens (including phenoxy) is 2. The Morgan fingerprint density at radius 3 is 1.69 bits per heavy atom. The smallest absolute Gasteiger partial charge is 0.462 e. The highest BCUT2D eigenvalue weighted by molar-refractivity contribution is 7.47. The molecule has 0 aliphatic heterocycles. The number of carbonyl (C=O) groups is 2. The van der Waals surface area contributed by atoms with E-state index in [2.05, 4.69) is 60.1 Å². The lowest BCUT2D eigenvalue weighted by Gasteiger charge is -2.43. The van der Waals surface area contributed by atoms with E-state index in [-0.39, 0.29) is 25.7 Å². The third kappa shape index (κ3) is 33.4. The zero-order valence-electron chi connectivity index (χ0n) is 41.6. The molecule has 1 saturated carbocycles. The molecule has 0 bridgehead atoms. The van der Waals surface area contributed by atoms with Crippen LogP contribution in [0, 0.1) is 0 Å². The molecular formula is C51H82O19P2. The highest BCUT2D eigenvalue weighted by Crippen LogP contribution is 2.49. The Hall–Kier alpha value is -3.46. The minimum Gasteiger partial charge on any atom is -0.462 e. The Morgan fingerprint density at radius 1 is 0.569 bits per heavy atom. The van der Waals surface area contributed by atoms with E-state index in [1.807, 2.05) is 19.1 Å². The summed E-state index contributed by atoms with van der Waals surface area (Å²) >= 11 is 0. The number of allylic oxidation sites excluding steroid dienone is 15. The molecule has 19 nitrogen and oxygen atoms in total. The quantitative estimate of drug-likeness (QED) is 0.0101. The van der Waals surface area contributed by atoms with Crippen LogP contribution in [-0.2, 0) is 41.8 Å². The number of unbranched alkanes of at least 4 members (excludes halogenated alkanes) is 6. The SMILES string of the molecule is CC/C=C\C[C@H](O)/C=C/C=C/C=C\C=C/[C@@H](O)[C@H](O)CCCC(=O)O[C@H](COC(=O)CCCCC/C=C\C/C=C\C/C=C\C/C=C\CCCCC)COP(=O)(O)O[C@H]1C(O)C(O)C(O)[C@@H](OP(=O)(O)O)C1O. The van der Waals surface area contributed by atoms with Gasteiger partial charge in [0.25, 0.3) is 0 Å². The van der Waals surface area contributed by atoms with E-state index in [1.165, 1.54) is 31.4 Å². The average Bonchev–Trinajstić information content (AvgIpc) is 3.33. The lowest BCUT2D eigenvalue weighted by Crippen LogP contribution is -2.64. The van der Waals surface area contributed by atoms with E-state index < -0.39 is 102 Å². The monoisotopic (exact) mass is 1060 g/mol. The Bertz CT molecular complexity index is 1850. The van der Waals surface area contributed by atoms with Crippen molar-refractivity contribution in [1.29, 1.82) is 0 Å². The molecule has 1 aliphatic carbocycles. The van der Waals surface area contributed by atoms with Crippen LogP contribution < -0.4 is 0 Å². The average molecular weight is 1060 g/mol. The molecule has 410 valence electrons. The topological polar surface area (TPSA) is 317 Å². The fourth-order valence-corrected chi connectivity index (χ4v) is 8.24. The van der Waals surface area contributed by atoms with Crippen molar-refractivity contribution in [3.8, 4) is 0 Å². The van der Waals surface area contributed by atoms with Gasteiger partial charge >= 0.3 is 27.6 Å². The number of rotatable bonds is 39. The molecule has 1 aliphatic rings. The second-order valence-corrected chi connectivity index (χ2v) is 19.6. The van der Waals surface area contributed by atoms with Gasteiger partial charge in [-0.2, -0.15) is 0 Å². The molecule has 1 fully saturated rings. The molecule has 21 heteroatoms. The van der Waals surface area contributed by atoms with Crippen LogP contribution in [0.2, 0.25) is 0 Å². The summed E-state index contributed by atoms with van der Waals surface area (Å²) in [5.74, 6) is -1.59. The molecule has 0 saturated heterocycles. The number of hydrogen-bond acceptors (Lipinski definition) is 16. The van der Waals surface area contributed by atoms with E-state index in [1.54, 1.807) is 36.5 Å². The first-order chi connectivity index (χ1) is 34.3. The minimum absolute atomic E-state index is 0.00214. The number of aliphatic hydroxyl groups excluding tert-OH is 7. The van der Waals surface area contributed by atoms with Crippen molar-refractivity contribution in [2.45, 2.75) is 184 Å². The van der Waals surface area contributed by atoms with Gasteiger partial charge in [-0.05, 0) is 77.0 Å². The van der Waals surface area contributed by atoms with Crippen LogP contribution in [0.25, 0.3) is 0 Å². The van der Waals surface area contributed by atoms with Crippen LogP contribution in [0.15, 0.2) is 109 Å². The van der Waals surface area contributed by atoms with E-state index in [9.17, 15) is 69.1 Å².